The van der Waals surface area contributed by atoms with Crippen LogP contribution in [0.4, 0.5) is 23.5 Å². The molecule has 2 rings (SSSR count). The molecule has 0 bridgehead atoms. The Hall–Kier alpha value is -3.23. The highest BCUT2D eigenvalue weighted by Gasteiger charge is 2.23. The number of hydrogen-bond acceptors (Lipinski definition) is 11. The number of nitrogen functional groups attached to an aromatic ring is 1. The lowest BCUT2D eigenvalue weighted by Crippen LogP contribution is -2.16. The number of aromatic hydroxyl groups is 1. The van der Waals surface area contributed by atoms with E-state index in [4.69, 9.17) is 21.1 Å². The molecule has 26 heavy (non-hydrogen) atoms. The van der Waals surface area contributed by atoms with Gasteiger partial charge >= 0.3 is 5.97 Å². The molecular weight excluding hydrogens is 370 g/mol. The van der Waals surface area contributed by atoms with Crippen LogP contribution in [0.2, 0.25) is 0 Å². The number of nitrogens with one attached hydrogen (secondary N) is 2. The van der Waals surface area contributed by atoms with E-state index in [1.54, 1.807) is 0 Å². The molecule has 0 aliphatic heterocycles. The normalized spacial score (nSPS) is 11.2. The summed E-state index contributed by atoms with van der Waals surface area (Å²) in [4.78, 5) is 21.7. The van der Waals surface area contributed by atoms with Gasteiger partial charge in [-0.25, -0.2) is 4.79 Å². The van der Waals surface area contributed by atoms with E-state index in [9.17, 15) is 18.3 Å². The Morgan fingerprint density at radius 1 is 1.19 bits per heavy atom. The molecule has 0 aliphatic carbocycles. The molecule has 0 atom stereocenters. The number of carboxylic acid groups (broad SMARTS) is 1. The molecule has 0 spiro atoms. The number of rotatable bonds is 7. The van der Waals surface area contributed by atoms with Crippen LogP contribution in [0, 0.1) is 0 Å². The molecule has 1 aromatic carbocycles. The minimum Gasteiger partial charge on any atom is -0.506 e. The molecule has 0 saturated carbocycles. The van der Waals surface area contributed by atoms with E-state index in [-0.39, 0.29) is 23.5 Å². The fraction of sp³-hybridized carbons (Fsp3) is 0.167. The summed E-state index contributed by atoms with van der Waals surface area (Å²) in [5.74, 6) is -2.95. The fourth-order valence-electron chi connectivity index (χ4n) is 1.88. The quantitative estimate of drug-likeness (QED) is 0.229. The van der Waals surface area contributed by atoms with Gasteiger partial charge in [0.25, 0.3) is 10.1 Å². The van der Waals surface area contributed by atoms with Crippen molar-refractivity contribution in [1.29, 1.82) is 0 Å². The summed E-state index contributed by atoms with van der Waals surface area (Å²) in [6.45, 7) is 0.643. The minimum atomic E-state index is -4.89. The predicted octanol–water partition coefficient (Wildman–Crippen LogP) is -0.782. The zero-order chi connectivity index (χ0) is 19.5. The first kappa shape index (κ1) is 19.1. The maximum Gasteiger partial charge on any atom is 0.339 e. The van der Waals surface area contributed by atoms with Gasteiger partial charge < -0.3 is 32.3 Å². The average Bonchev–Trinajstić information content (AvgIpc) is 2.52. The van der Waals surface area contributed by atoms with Gasteiger partial charge in [-0.3, -0.25) is 4.55 Å². The number of phenols is 1. The maximum absolute atomic E-state index is 11.4. The summed E-state index contributed by atoms with van der Waals surface area (Å²) in [5, 5.41) is 24.1. The van der Waals surface area contributed by atoms with Crippen molar-refractivity contribution < 1.29 is 28.0 Å². The molecule has 0 amide bonds. The molecule has 1 heterocycles. The third kappa shape index (κ3) is 4.44. The Bertz CT molecular complexity index is 949. The number of anilines is 4. The summed E-state index contributed by atoms with van der Waals surface area (Å²) in [6, 6.07) is 1.74. The lowest BCUT2D eigenvalue weighted by Gasteiger charge is -2.11. The molecule has 2 aromatic rings. The molecule has 13 nitrogen and oxygen atoms in total. The van der Waals surface area contributed by atoms with Gasteiger partial charge in [-0.2, -0.15) is 23.4 Å². The van der Waals surface area contributed by atoms with Crippen LogP contribution in [0.15, 0.2) is 17.0 Å². The first-order valence-electron chi connectivity index (χ1n) is 6.92. The lowest BCUT2D eigenvalue weighted by molar-refractivity contribution is 0.0693. The third-order valence-corrected chi connectivity index (χ3v) is 3.79. The second-order valence-electron chi connectivity index (χ2n) is 4.83. The van der Waals surface area contributed by atoms with Gasteiger partial charge in [-0.1, -0.05) is 0 Å². The summed E-state index contributed by atoms with van der Waals surface area (Å²) in [5.41, 5.74) is 10.0. The fourth-order valence-corrected chi connectivity index (χ4v) is 2.51. The van der Waals surface area contributed by atoms with Gasteiger partial charge in [0.2, 0.25) is 17.8 Å². The Kier molecular flexibility index (Phi) is 5.39. The molecule has 9 N–H and O–H groups in total. The molecule has 1 aromatic heterocycles. The van der Waals surface area contributed by atoms with Crippen LogP contribution in [0.5, 0.6) is 5.75 Å². The molecule has 140 valence electrons. The number of carboxylic acids is 1. The van der Waals surface area contributed by atoms with E-state index in [1.165, 1.54) is 0 Å². The topological polar surface area (TPSA) is 227 Å². The van der Waals surface area contributed by atoms with Crippen molar-refractivity contribution in [3.05, 3.63) is 17.7 Å². The van der Waals surface area contributed by atoms with Gasteiger partial charge in [-0.15, -0.1) is 0 Å². The van der Waals surface area contributed by atoms with Crippen molar-refractivity contribution in [1.82, 2.24) is 15.0 Å². The largest absolute Gasteiger partial charge is 0.506 e. The predicted molar refractivity (Wildman–Crippen MR) is 89.9 cm³/mol. The van der Waals surface area contributed by atoms with Crippen LogP contribution in [0.1, 0.15) is 10.4 Å². The van der Waals surface area contributed by atoms with E-state index >= 15 is 0 Å². The van der Waals surface area contributed by atoms with Crippen molar-refractivity contribution in [2.75, 3.05) is 29.5 Å². The van der Waals surface area contributed by atoms with Gasteiger partial charge in [-0.05, 0) is 12.1 Å². The van der Waals surface area contributed by atoms with Crippen LogP contribution in [0.25, 0.3) is 0 Å². The van der Waals surface area contributed by atoms with Crippen LogP contribution < -0.4 is 22.1 Å². The smallest absolute Gasteiger partial charge is 0.339 e. The number of benzene rings is 1. The molecule has 0 radical (unpaired) electrons. The summed E-state index contributed by atoms with van der Waals surface area (Å²) in [7, 11) is -4.89. The third-order valence-electron chi connectivity index (χ3n) is 2.92. The molecule has 14 heteroatoms. The monoisotopic (exact) mass is 385 g/mol. The number of nitrogens with two attached hydrogens (primary N) is 2. The van der Waals surface area contributed by atoms with E-state index in [1.807, 2.05) is 0 Å². The van der Waals surface area contributed by atoms with E-state index in [0.29, 0.717) is 13.1 Å². The summed E-state index contributed by atoms with van der Waals surface area (Å²) in [6.07, 6.45) is 0. The van der Waals surface area contributed by atoms with Gasteiger partial charge in [0, 0.05) is 18.8 Å². The maximum atomic E-state index is 11.4. The number of carbonyl (C=O) groups is 1. The molecule has 0 unspecified atom stereocenters. The van der Waals surface area contributed by atoms with Crippen molar-refractivity contribution in [2.24, 2.45) is 5.73 Å². The van der Waals surface area contributed by atoms with E-state index in [2.05, 4.69) is 25.6 Å². The molecule has 0 aliphatic rings. The van der Waals surface area contributed by atoms with Gasteiger partial charge in [0.05, 0.1) is 0 Å². The van der Waals surface area contributed by atoms with E-state index < -0.39 is 32.3 Å². The molecule has 0 saturated heterocycles. The Labute approximate surface area is 146 Å². The van der Waals surface area contributed by atoms with Crippen molar-refractivity contribution in [3.8, 4) is 5.75 Å². The summed E-state index contributed by atoms with van der Waals surface area (Å²) < 4.78 is 31.9. The number of aromatic nitrogens is 3. The molecule has 0 fully saturated rings. The van der Waals surface area contributed by atoms with Gasteiger partial charge in [0.1, 0.15) is 10.5 Å². The van der Waals surface area contributed by atoms with Crippen LogP contribution in [0.3, 0.4) is 0 Å². The van der Waals surface area contributed by atoms with Crippen molar-refractivity contribution >= 4 is 39.6 Å². The number of aromatic carboxylic acids is 1. The highest BCUT2D eigenvalue weighted by molar-refractivity contribution is 7.86. The Morgan fingerprint density at radius 2 is 1.85 bits per heavy atom. The van der Waals surface area contributed by atoms with Crippen molar-refractivity contribution in [3.63, 3.8) is 0 Å². The first-order valence-corrected chi connectivity index (χ1v) is 8.36. The Balaban J connectivity index is 2.48. The SMILES string of the molecule is NCCNc1nc(N)nc(Nc2cc(C(=O)O)c(O)c(S(=O)(=O)O)c2)n1. The van der Waals surface area contributed by atoms with Crippen LogP contribution in [-0.4, -0.2) is 57.2 Å². The first-order chi connectivity index (χ1) is 12.1. The Morgan fingerprint density at radius 3 is 2.42 bits per heavy atom. The zero-order valence-corrected chi connectivity index (χ0v) is 13.9. The minimum absolute atomic E-state index is 0.0812. The highest BCUT2D eigenvalue weighted by atomic mass is 32.2. The average molecular weight is 385 g/mol. The zero-order valence-electron chi connectivity index (χ0n) is 13.0. The van der Waals surface area contributed by atoms with Crippen LogP contribution >= 0.6 is 0 Å². The molecular formula is C12H15N7O6S. The van der Waals surface area contributed by atoms with Crippen LogP contribution in [-0.2, 0) is 10.1 Å². The van der Waals surface area contributed by atoms with Gasteiger partial charge in [0.15, 0.2) is 5.75 Å². The van der Waals surface area contributed by atoms with E-state index in [0.717, 1.165) is 12.1 Å². The number of hydrogen-bond donors (Lipinski definition) is 7. The number of nitrogens with zero attached hydrogens (tertiary/aromatic N) is 3. The summed E-state index contributed by atoms with van der Waals surface area (Å²) >= 11 is 0. The second kappa shape index (κ2) is 7.34. The standard InChI is InChI=1S/C12H15N7O6S/c13-1-2-15-11-17-10(14)18-12(19-11)16-5-3-6(9(21)22)8(20)7(4-5)26(23,24)25/h3-4,20H,1-2,13H2,(H,21,22)(H,23,24,25)(H4,14,15,16,17,18,19). The lowest BCUT2D eigenvalue weighted by atomic mass is 10.2. The second-order valence-corrected chi connectivity index (χ2v) is 6.22. The highest BCUT2D eigenvalue weighted by Crippen LogP contribution is 2.31. The van der Waals surface area contributed by atoms with Crippen molar-refractivity contribution in [2.45, 2.75) is 4.90 Å².